The van der Waals surface area contributed by atoms with Crippen molar-refractivity contribution >= 4 is 116 Å². The smallest absolute Gasteiger partial charge is 0.303 e. The van der Waals surface area contributed by atoms with Gasteiger partial charge in [-0.3, -0.25) is 38.5 Å². The number of ether oxygens (including phenoxy) is 1. The van der Waals surface area contributed by atoms with Gasteiger partial charge in [0.25, 0.3) is 17.7 Å². The van der Waals surface area contributed by atoms with Crippen molar-refractivity contribution in [3.05, 3.63) is 111 Å². The molecule has 0 saturated heterocycles. The minimum atomic E-state index is -0.985. The van der Waals surface area contributed by atoms with Gasteiger partial charge in [-0.1, -0.05) is 44.2 Å². The fourth-order valence-electron chi connectivity index (χ4n) is 7.88. The maximum absolute atomic E-state index is 14.2. The van der Waals surface area contributed by atoms with Gasteiger partial charge in [0.15, 0.2) is 0 Å². The van der Waals surface area contributed by atoms with E-state index in [1.165, 1.54) is 70.0 Å². The molecule has 1 unspecified atom stereocenters. The zero-order chi connectivity index (χ0) is 57.0. The Balaban J connectivity index is 1.05. The standard InChI is InChI=1S/C52H53N13O9S6/c1-26(2)41(52-64-44(35(80-52)20-74-5)46(72)55-19-36(53)67)62-47(73)42-27(3)79-51(63-42)31(18-38(68)54-4)58-45(71)33-22-76-48(60-33)29-14-15-30(49-61-37(24-78-49)65(25-66)17-9-12-40(69)70)57-43(29)32-21-77-50(59-32)34-23-75-39(56-34)16-13-28-10-7-6-8-11-28/h6-8,10-11,14-15,21-26,31,41H,9,12-13,16-20H2,1-5H3,(H2,53,67)(H,54,68)(H,55,72)(H,58,71)(H,62,73)(H,69,70)/t31-,41?/m0/s1. The number of hydrogen-bond donors (Lipinski definition) is 6. The molecule has 0 radical (unpaired) electrons. The SMILES string of the molecule is CNC(=O)C[C@H](NC(=O)c1csc(-c2ccc(-c3nc(N(C=O)CCCC(=O)O)cs3)nc2-c2csc(-c3csc(CCc4ccccc4)n3)n2)n1)c1nc(C(=O)NC(c2nc(C(=O)NCC(N)=O)c(COC)s2)C(C)C)c(C)s1. The molecule has 7 aromatic heterocycles. The van der Waals surface area contributed by atoms with Crippen LogP contribution < -0.4 is 31.9 Å². The number of benzene rings is 1. The van der Waals surface area contributed by atoms with Crippen LogP contribution in [0.3, 0.4) is 0 Å². The number of carbonyl (C=O) groups is 7. The Kier molecular flexibility index (Phi) is 19.8. The highest BCUT2D eigenvalue weighted by Crippen LogP contribution is 2.39. The van der Waals surface area contributed by atoms with E-state index in [-0.39, 0.29) is 60.4 Å². The van der Waals surface area contributed by atoms with Crippen molar-refractivity contribution in [1.29, 1.82) is 0 Å². The van der Waals surface area contributed by atoms with Crippen molar-refractivity contribution in [2.24, 2.45) is 11.7 Å². The van der Waals surface area contributed by atoms with Crippen molar-refractivity contribution in [2.75, 3.05) is 32.1 Å². The molecule has 0 fully saturated rings. The summed E-state index contributed by atoms with van der Waals surface area (Å²) in [5.74, 6) is -3.74. The molecule has 0 aliphatic rings. The maximum Gasteiger partial charge on any atom is 0.303 e. The quantitative estimate of drug-likeness (QED) is 0.0271. The number of aryl methyl sites for hydroxylation is 3. The summed E-state index contributed by atoms with van der Waals surface area (Å²) in [5, 5.41) is 30.5. The molecule has 1 aromatic carbocycles. The first-order valence-corrected chi connectivity index (χ1v) is 29.8. The van der Waals surface area contributed by atoms with E-state index in [4.69, 9.17) is 35.5 Å². The van der Waals surface area contributed by atoms with Crippen LogP contribution in [0.15, 0.2) is 64.0 Å². The molecule has 2 atom stereocenters. The number of rotatable bonds is 27. The van der Waals surface area contributed by atoms with Crippen LogP contribution in [0, 0.1) is 12.8 Å². The number of nitrogens with zero attached hydrogens (tertiary/aromatic N) is 8. The molecular formula is C52H53N13O9S6. The van der Waals surface area contributed by atoms with Gasteiger partial charge in [-0.25, -0.2) is 34.9 Å². The molecule has 8 aromatic rings. The van der Waals surface area contributed by atoms with E-state index in [2.05, 4.69) is 48.4 Å². The van der Waals surface area contributed by atoms with E-state index in [1.54, 1.807) is 35.1 Å². The van der Waals surface area contributed by atoms with E-state index in [9.17, 15) is 33.6 Å². The summed E-state index contributed by atoms with van der Waals surface area (Å²) in [4.78, 5) is 125. The first-order valence-electron chi connectivity index (χ1n) is 24.7. The topological polar surface area (TPSA) is 317 Å². The highest BCUT2D eigenvalue weighted by atomic mass is 32.1. The second-order valence-corrected chi connectivity index (χ2v) is 23.9. The lowest BCUT2D eigenvalue weighted by atomic mass is 10.0. The van der Waals surface area contributed by atoms with Crippen LogP contribution >= 0.6 is 68.0 Å². The molecule has 8 rings (SSSR count). The van der Waals surface area contributed by atoms with Gasteiger partial charge >= 0.3 is 5.97 Å². The van der Waals surface area contributed by atoms with Crippen molar-refractivity contribution in [3.63, 3.8) is 0 Å². The van der Waals surface area contributed by atoms with E-state index >= 15 is 0 Å². The summed E-state index contributed by atoms with van der Waals surface area (Å²) in [6.45, 7) is 5.28. The first-order chi connectivity index (χ1) is 38.5. The number of aliphatic carboxylic acids is 1. The molecule has 0 aliphatic heterocycles. The number of amides is 6. The summed E-state index contributed by atoms with van der Waals surface area (Å²) >= 11 is 7.74. The molecule has 416 valence electrons. The van der Waals surface area contributed by atoms with Crippen LogP contribution in [-0.4, -0.2) is 109 Å². The third kappa shape index (κ3) is 14.6. The Morgan fingerprint density at radius 1 is 0.762 bits per heavy atom. The number of carboxylic acid groups (broad SMARTS) is 1. The van der Waals surface area contributed by atoms with Gasteiger partial charge in [0.2, 0.25) is 18.2 Å². The Morgan fingerprint density at radius 3 is 2.23 bits per heavy atom. The first kappa shape index (κ1) is 58.5. The summed E-state index contributed by atoms with van der Waals surface area (Å²) in [5.41, 5.74) is 9.30. The van der Waals surface area contributed by atoms with Gasteiger partial charge in [0, 0.05) is 65.5 Å². The number of nitrogens with two attached hydrogens (primary N) is 1. The molecular weight excluding hydrogens is 1140 g/mol. The van der Waals surface area contributed by atoms with Crippen molar-refractivity contribution in [2.45, 2.75) is 71.6 Å². The van der Waals surface area contributed by atoms with Crippen LogP contribution in [0.4, 0.5) is 5.82 Å². The summed E-state index contributed by atoms with van der Waals surface area (Å²) in [6, 6.07) is 12.1. The number of methoxy groups -OCH3 is 1. The molecule has 0 spiro atoms. The molecule has 6 amide bonds. The minimum absolute atomic E-state index is 0.0396. The van der Waals surface area contributed by atoms with Gasteiger partial charge < -0.3 is 36.8 Å². The average Bonchev–Trinajstić information content (AvgIpc) is 4.32. The van der Waals surface area contributed by atoms with Crippen molar-refractivity contribution in [1.82, 2.24) is 56.2 Å². The number of anilines is 1. The zero-order valence-corrected chi connectivity index (χ0v) is 48.5. The van der Waals surface area contributed by atoms with E-state index in [0.29, 0.717) is 64.7 Å². The zero-order valence-electron chi connectivity index (χ0n) is 43.6. The third-order valence-corrected chi connectivity index (χ3v) is 17.6. The number of primary amides is 1. The van der Waals surface area contributed by atoms with Crippen molar-refractivity contribution in [3.8, 4) is 43.4 Å². The lowest BCUT2D eigenvalue weighted by Crippen LogP contribution is -2.34. The molecule has 7 N–H and O–H groups in total. The molecule has 22 nitrogen and oxygen atoms in total. The van der Waals surface area contributed by atoms with Gasteiger partial charge in [-0.15, -0.1) is 68.0 Å². The van der Waals surface area contributed by atoms with Gasteiger partial charge in [-0.05, 0) is 43.4 Å². The third-order valence-electron chi connectivity index (χ3n) is 11.9. The molecule has 0 saturated carbocycles. The van der Waals surface area contributed by atoms with E-state index in [0.717, 1.165) is 34.9 Å². The Hall–Kier alpha value is -7.60. The molecule has 0 aliphatic carbocycles. The second kappa shape index (κ2) is 27.0. The second-order valence-electron chi connectivity index (χ2n) is 18.0. The lowest BCUT2D eigenvalue weighted by molar-refractivity contribution is -0.137. The predicted octanol–water partition coefficient (Wildman–Crippen LogP) is 7.51. The number of aromatic nitrogens is 7. The molecule has 80 heavy (non-hydrogen) atoms. The highest BCUT2D eigenvalue weighted by Gasteiger charge is 2.31. The normalized spacial score (nSPS) is 12.0. The predicted molar refractivity (Wildman–Crippen MR) is 308 cm³/mol. The van der Waals surface area contributed by atoms with Crippen LogP contribution in [0.5, 0.6) is 0 Å². The Morgan fingerprint density at radius 2 is 1.50 bits per heavy atom. The number of hydrogen-bond acceptors (Lipinski definition) is 21. The Labute approximate surface area is 482 Å². The van der Waals surface area contributed by atoms with Crippen LogP contribution in [0.25, 0.3) is 43.4 Å². The summed E-state index contributed by atoms with van der Waals surface area (Å²) in [7, 11) is 2.94. The average molecular weight is 1200 g/mol. The number of nitrogens with one attached hydrogen (secondary N) is 4. The van der Waals surface area contributed by atoms with E-state index < -0.39 is 54.1 Å². The fourth-order valence-corrected chi connectivity index (χ4v) is 13.3. The maximum atomic E-state index is 14.2. The summed E-state index contributed by atoms with van der Waals surface area (Å²) < 4.78 is 5.30. The number of thiazole rings is 6. The van der Waals surface area contributed by atoms with Crippen LogP contribution in [-0.2, 0) is 43.4 Å². The fraction of sp³-hybridized carbons (Fsp3) is 0.308. The van der Waals surface area contributed by atoms with Crippen LogP contribution in [0.2, 0.25) is 0 Å². The highest BCUT2D eigenvalue weighted by molar-refractivity contribution is 7.15. The minimum Gasteiger partial charge on any atom is -0.481 e. The summed E-state index contributed by atoms with van der Waals surface area (Å²) in [6.07, 6.45) is 2.14. The lowest BCUT2D eigenvalue weighted by Gasteiger charge is -2.20. The van der Waals surface area contributed by atoms with Gasteiger partial charge in [-0.2, -0.15) is 0 Å². The number of carbonyl (C=O) groups excluding carboxylic acids is 6. The monoisotopic (exact) mass is 1200 g/mol. The van der Waals surface area contributed by atoms with Gasteiger partial charge in [0.05, 0.1) is 47.2 Å². The van der Waals surface area contributed by atoms with Crippen LogP contribution in [0.1, 0.15) is 107 Å². The van der Waals surface area contributed by atoms with E-state index in [1.807, 2.05) is 48.9 Å². The largest absolute Gasteiger partial charge is 0.481 e. The molecule has 7 heterocycles. The van der Waals surface area contributed by atoms with Gasteiger partial charge in [0.1, 0.15) is 65.0 Å². The van der Waals surface area contributed by atoms with Crippen molar-refractivity contribution < 1.29 is 43.4 Å². The molecule has 0 bridgehead atoms. The number of pyridine rings is 1. The number of carboxylic acids is 1. The molecule has 28 heteroatoms. The Bertz CT molecular complexity index is 3530.